The molecule has 0 amide bonds. The summed E-state index contributed by atoms with van der Waals surface area (Å²) in [5.41, 5.74) is -0.828. The van der Waals surface area contributed by atoms with Gasteiger partial charge in [0.2, 0.25) is 0 Å². The normalized spacial score (nSPS) is 14.1. The number of nitrogens with zero attached hydrogens (tertiary/aromatic N) is 6. The van der Waals surface area contributed by atoms with E-state index in [2.05, 4.69) is 9.97 Å². The van der Waals surface area contributed by atoms with E-state index in [1.165, 1.54) is 25.4 Å². The van der Waals surface area contributed by atoms with Crippen LogP contribution < -0.4 is 0 Å². The average molecular weight is 780 g/mol. The van der Waals surface area contributed by atoms with Gasteiger partial charge in [-0.1, -0.05) is 30.7 Å². The lowest BCUT2D eigenvalue weighted by Gasteiger charge is -2.31. The van der Waals surface area contributed by atoms with Gasteiger partial charge < -0.3 is 0 Å². The standard InChI is InChI=1S/C16H12F5N3S.C15H11ClF4N4OS/c1-2-24(25-12-5-10(7-22)8-23-9-12)15(16(19,20)21)11-3-4-13(17)14(18)6-11;1-24(26(22,25)11-4-9(6-21)7-23-8-11)14(15(18,19)20)10-2-3-12(16)13(17)5-10/h3-6,8-9,15H,2H2,1H3;2-5,7-8,14,22H,1H3. The molecular formula is C31H23ClF9N7OS2. The highest BCUT2D eigenvalue weighted by Crippen LogP contribution is 2.43. The van der Waals surface area contributed by atoms with Crippen LogP contribution in [0.15, 0.2) is 83.1 Å². The largest absolute Gasteiger partial charge is 0.409 e. The number of halogens is 10. The first-order valence-electron chi connectivity index (χ1n) is 13.9. The number of pyridine rings is 2. The number of nitriles is 2. The third-order valence-corrected chi connectivity index (χ3v) is 10.1. The van der Waals surface area contributed by atoms with E-state index >= 15 is 0 Å². The summed E-state index contributed by atoms with van der Waals surface area (Å²) in [6, 6.07) is 5.89. The zero-order chi connectivity index (χ0) is 38.3. The van der Waals surface area contributed by atoms with Gasteiger partial charge in [-0.2, -0.15) is 36.9 Å². The van der Waals surface area contributed by atoms with Crippen molar-refractivity contribution in [2.24, 2.45) is 0 Å². The Morgan fingerprint density at radius 2 is 1.35 bits per heavy atom. The molecule has 4 rings (SSSR count). The maximum atomic E-state index is 13.6. The van der Waals surface area contributed by atoms with Crippen molar-refractivity contribution in [2.75, 3.05) is 13.6 Å². The highest BCUT2D eigenvalue weighted by Gasteiger charge is 2.47. The number of hydrogen-bond donors (Lipinski definition) is 1. The van der Waals surface area contributed by atoms with Crippen molar-refractivity contribution in [3.63, 3.8) is 0 Å². The molecule has 0 saturated heterocycles. The van der Waals surface area contributed by atoms with Crippen LogP contribution in [0.5, 0.6) is 0 Å². The SMILES string of the molecule is CCN(Sc1cncc(C#N)c1)C(c1ccc(F)c(F)c1)C(F)(F)F.CN(C(c1ccc(Cl)c(F)c1)C(F)(F)F)S(=N)(=O)c1cncc(C#N)c1. The van der Waals surface area contributed by atoms with Crippen LogP contribution in [-0.2, 0) is 9.92 Å². The van der Waals surface area contributed by atoms with Gasteiger partial charge in [0.15, 0.2) is 11.6 Å². The molecule has 0 bridgehead atoms. The third kappa shape index (κ3) is 10.3. The van der Waals surface area contributed by atoms with Gasteiger partial charge in [0.05, 0.1) is 21.0 Å². The molecule has 0 radical (unpaired) electrons. The highest BCUT2D eigenvalue weighted by atomic mass is 35.5. The minimum atomic E-state index is -4.96. The van der Waals surface area contributed by atoms with E-state index in [0.29, 0.717) is 23.1 Å². The Kier molecular flexibility index (Phi) is 13.5. The second-order valence-electron chi connectivity index (χ2n) is 10.2. The van der Waals surface area contributed by atoms with Gasteiger partial charge in [0.1, 0.15) is 40.0 Å². The average Bonchev–Trinajstić information content (AvgIpc) is 3.06. The summed E-state index contributed by atoms with van der Waals surface area (Å²) in [7, 11) is -3.35. The minimum Gasteiger partial charge on any atom is -0.262 e. The summed E-state index contributed by atoms with van der Waals surface area (Å²) < 4.78 is 144. The first-order chi connectivity index (χ1) is 23.7. The molecule has 0 aliphatic rings. The van der Waals surface area contributed by atoms with E-state index in [1.54, 1.807) is 6.07 Å². The molecule has 8 nitrogen and oxygen atoms in total. The van der Waals surface area contributed by atoms with Crippen LogP contribution in [0, 0.1) is 44.9 Å². The summed E-state index contributed by atoms with van der Waals surface area (Å²) in [5, 5.41) is 17.3. The molecule has 20 heteroatoms. The van der Waals surface area contributed by atoms with E-state index in [9.17, 15) is 43.7 Å². The Balaban J connectivity index is 0.000000276. The summed E-state index contributed by atoms with van der Waals surface area (Å²) in [6.07, 6.45) is -4.99. The van der Waals surface area contributed by atoms with Gasteiger partial charge in [0, 0.05) is 43.3 Å². The maximum absolute atomic E-state index is 13.6. The molecule has 51 heavy (non-hydrogen) atoms. The van der Waals surface area contributed by atoms with Crippen molar-refractivity contribution in [3.8, 4) is 12.1 Å². The first kappa shape index (κ1) is 41.0. The maximum Gasteiger partial charge on any atom is 0.409 e. The van der Waals surface area contributed by atoms with Crippen molar-refractivity contribution in [1.82, 2.24) is 18.6 Å². The lowest BCUT2D eigenvalue weighted by atomic mass is 10.1. The van der Waals surface area contributed by atoms with Crippen LogP contribution in [0.25, 0.3) is 0 Å². The van der Waals surface area contributed by atoms with Gasteiger partial charge >= 0.3 is 12.4 Å². The summed E-state index contributed by atoms with van der Waals surface area (Å²) >= 11 is 6.24. The molecule has 0 saturated carbocycles. The molecule has 0 fully saturated rings. The van der Waals surface area contributed by atoms with Gasteiger partial charge in [-0.25, -0.2) is 30.8 Å². The summed E-state index contributed by atoms with van der Waals surface area (Å²) in [6.45, 7) is 1.47. The zero-order valence-corrected chi connectivity index (χ0v) is 28.4. The Bertz CT molecular complexity index is 2050. The van der Waals surface area contributed by atoms with Gasteiger partial charge in [-0.3, -0.25) is 9.97 Å². The van der Waals surface area contributed by atoms with Crippen molar-refractivity contribution in [2.45, 2.75) is 41.2 Å². The van der Waals surface area contributed by atoms with Crippen LogP contribution in [0.4, 0.5) is 39.5 Å². The van der Waals surface area contributed by atoms with Crippen LogP contribution in [0.3, 0.4) is 0 Å². The first-order valence-corrected chi connectivity index (χ1v) is 16.6. The van der Waals surface area contributed by atoms with Gasteiger partial charge in [0.25, 0.3) is 0 Å². The fraction of sp³-hybridized carbons (Fsp3) is 0.226. The fourth-order valence-corrected chi connectivity index (χ4v) is 6.91. The van der Waals surface area contributed by atoms with Crippen molar-refractivity contribution >= 4 is 33.5 Å². The second-order valence-corrected chi connectivity index (χ2v) is 13.8. The molecule has 4 aromatic rings. The lowest BCUT2D eigenvalue weighted by Crippen LogP contribution is -2.39. The fourth-order valence-electron chi connectivity index (χ4n) is 4.40. The number of alkyl halides is 6. The molecule has 2 aromatic carbocycles. The second kappa shape index (κ2) is 16.7. The molecule has 0 aliphatic carbocycles. The van der Waals surface area contributed by atoms with Gasteiger partial charge in [-0.05, 0) is 59.5 Å². The molecular weight excluding hydrogens is 757 g/mol. The summed E-state index contributed by atoms with van der Waals surface area (Å²) in [4.78, 5) is 7.38. The summed E-state index contributed by atoms with van der Waals surface area (Å²) in [5.74, 6) is -3.64. The predicted octanol–water partition coefficient (Wildman–Crippen LogP) is 9.17. The Morgan fingerprint density at radius 1 is 0.824 bits per heavy atom. The Morgan fingerprint density at radius 3 is 1.88 bits per heavy atom. The third-order valence-electron chi connectivity index (χ3n) is 6.73. The topological polar surface area (TPSA) is 121 Å². The Hall–Kier alpha value is -4.40. The number of hydrogen-bond acceptors (Lipinski definition) is 8. The quantitative estimate of drug-likeness (QED) is 0.133. The molecule has 2 aromatic heterocycles. The van der Waals surface area contributed by atoms with E-state index in [-0.39, 0.29) is 31.9 Å². The van der Waals surface area contributed by atoms with Crippen LogP contribution in [-0.4, -0.2) is 48.7 Å². The molecule has 270 valence electrons. The molecule has 2 heterocycles. The number of aromatic nitrogens is 2. The molecule has 1 N–H and O–H groups in total. The smallest absolute Gasteiger partial charge is 0.262 e. The Labute approximate surface area is 295 Å². The van der Waals surface area contributed by atoms with Gasteiger partial charge in [-0.15, -0.1) is 0 Å². The molecule has 0 aliphatic heterocycles. The monoisotopic (exact) mass is 779 g/mol. The minimum absolute atomic E-state index is 0.0371. The van der Waals surface area contributed by atoms with Crippen molar-refractivity contribution < 1.29 is 43.7 Å². The van der Waals surface area contributed by atoms with E-state index in [4.69, 9.17) is 26.9 Å². The van der Waals surface area contributed by atoms with Crippen LogP contribution in [0.1, 0.15) is 41.3 Å². The van der Waals surface area contributed by atoms with E-state index < -0.39 is 62.9 Å². The lowest BCUT2D eigenvalue weighted by molar-refractivity contribution is -0.172. The predicted molar refractivity (Wildman–Crippen MR) is 168 cm³/mol. The van der Waals surface area contributed by atoms with E-state index in [0.717, 1.165) is 60.0 Å². The van der Waals surface area contributed by atoms with Crippen molar-refractivity contribution in [1.29, 1.82) is 15.3 Å². The molecule has 0 spiro atoms. The molecule has 3 atom stereocenters. The van der Waals surface area contributed by atoms with Crippen molar-refractivity contribution in [3.05, 3.63) is 118 Å². The number of benzene rings is 2. The number of nitrogens with one attached hydrogen (secondary N) is 1. The van der Waals surface area contributed by atoms with E-state index in [1.807, 2.05) is 6.07 Å². The van der Waals surface area contributed by atoms with Crippen LogP contribution >= 0.6 is 23.5 Å². The van der Waals surface area contributed by atoms with Crippen LogP contribution in [0.2, 0.25) is 5.02 Å². The highest BCUT2D eigenvalue weighted by molar-refractivity contribution is 7.97. The zero-order valence-electron chi connectivity index (χ0n) is 26.0. The number of rotatable bonds is 9. The molecule has 3 unspecified atom stereocenters.